The highest BCUT2D eigenvalue weighted by Gasteiger charge is 2.21. The van der Waals surface area contributed by atoms with Gasteiger partial charge in [-0.25, -0.2) is 4.68 Å². The van der Waals surface area contributed by atoms with Crippen molar-refractivity contribution >= 4 is 22.6 Å². The Hall–Kier alpha value is -4.07. The number of fused-ring (bicyclic) bond motifs is 1. The lowest BCUT2D eigenvalue weighted by Gasteiger charge is -2.15. The number of hydrogen-bond acceptors (Lipinski definition) is 5. The van der Waals surface area contributed by atoms with E-state index in [0.717, 1.165) is 33.5 Å². The third-order valence-corrected chi connectivity index (χ3v) is 6.50. The van der Waals surface area contributed by atoms with Crippen LogP contribution < -0.4 is 20.3 Å². The molecule has 0 aliphatic rings. The van der Waals surface area contributed by atoms with Crippen molar-refractivity contribution in [2.24, 2.45) is 0 Å². The second kappa shape index (κ2) is 10.3. The molecule has 2 aromatic carbocycles. The molecule has 0 aliphatic heterocycles. The number of amides is 1. The zero-order valence-electron chi connectivity index (χ0n) is 21.6. The smallest absolute Gasteiger partial charge is 0.255 e. The highest BCUT2D eigenvalue weighted by atomic mass is 16.5. The molecule has 4 aromatic rings. The summed E-state index contributed by atoms with van der Waals surface area (Å²) < 4.78 is 14.2. The topological polar surface area (TPSA) is 87.4 Å². The van der Waals surface area contributed by atoms with Gasteiger partial charge >= 0.3 is 0 Å². The molecule has 8 nitrogen and oxygen atoms in total. The van der Waals surface area contributed by atoms with E-state index >= 15 is 0 Å². The van der Waals surface area contributed by atoms with Crippen molar-refractivity contribution in [2.45, 2.75) is 47.1 Å². The number of methoxy groups -OCH3 is 2. The zero-order chi connectivity index (χ0) is 26.0. The third-order valence-electron chi connectivity index (χ3n) is 6.50. The predicted octanol–water partition coefficient (Wildman–Crippen LogP) is 4.72. The van der Waals surface area contributed by atoms with Crippen LogP contribution >= 0.6 is 0 Å². The Morgan fingerprint density at radius 2 is 1.75 bits per heavy atom. The van der Waals surface area contributed by atoms with Gasteiger partial charge in [0.15, 0.2) is 0 Å². The molecule has 2 heterocycles. The van der Waals surface area contributed by atoms with E-state index in [1.54, 1.807) is 29.9 Å². The van der Waals surface area contributed by atoms with Crippen LogP contribution in [0.3, 0.4) is 0 Å². The van der Waals surface area contributed by atoms with E-state index in [-0.39, 0.29) is 17.9 Å². The van der Waals surface area contributed by atoms with Crippen molar-refractivity contribution in [3.05, 3.63) is 75.2 Å². The molecule has 8 heteroatoms. The first-order valence-electron chi connectivity index (χ1n) is 12.0. The molecule has 0 aliphatic carbocycles. The van der Waals surface area contributed by atoms with Crippen LogP contribution in [0.15, 0.2) is 47.3 Å². The Kier molecular flexibility index (Phi) is 7.15. The first-order valence-corrected chi connectivity index (χ1v) is 12.0. The number of ether oxygens (including phenoxy) is 2. The summed E-state index contributed by atoms with van der Waals surface area (Å²) in [4.78, 5) is 26.4. The van der Waals surface area contributed by atoms with Crippen LogP contribution in [-0.4, -0.2) is 34.5 Å². The molecule has 0 saturated heterocycles. The molecule has 188 valence electrons. The van der Waals surface area contributed by atoms with E-state index in [4.69, 9.17) is 14.6 Å². The second-order valence-corrected chi connectivity index (χ2v) is 8.80. The van der Waals surface area contributed by atoms with Crippen LogP contribution in [0.1, 0.15) is 35.7 Å². The van der Waals surface area contributed by atoms with Crippen LogP contribution in [0, 0.1) is 20.8 Å². The fourth-order valence-corrected chi connectivity index (χ4v) is 4.58. The molecule has 0 saturated carbocycles. The molecule has 0 bridgehead atoms. The van der Waals surface area contributed by atoms with Gasteiger partial charge in [0, 0.05) is 30.0 Å². The minimum atomic E-state index is -0.201. The standard InChI is InChI=1S/C28H32N4O4/c1-7-31-27-26(19(4)30-32(27)20-10-8-17(2)9-11-20)18(3)22(28(31)34)13-15-25(33)29-23-14-12-21(35-5)16-24(23)36-6/h8-12,14,16H,7,13,15H2,1-6H3,(H,29,33). The number of benzene rings is 2. The fraction of sp³-hybridized carbons (Fsp3) is 0.321. The highest BCUT2D eigenvalue weighted by molar-refractivity contribution is 5.93. The number of rotatable bonds is 8. The maximum atomic E-state index is 13.6. The zero-order valence-corrected chi connectivity index (χ0v) is 21.6. The second-order valence-electron chi connectivity index (χ2n) is 8.80. The number of anilines is 1. The quantitative estimate of drug-likeness (QED) is 0.388. The summed E-state index contributed by atoms with van der Waals surface area (Å²) >= 11 is 0. The summed E-state index contributed by atoms with van der Waals surface area (Å²) in [6.45, 7) is 8.38. The van der Waals surface area contributed by atoms with Gasteiger partial charge in [-0.05, 0) is 63.9 Å². The molecule has 0 fully saturated rings. The SMILES string of the molecule is CCn1c(=O)c(CCC(=O)Nc2ccc(OC)cc2OC)c(C)c2c(C)nn(-c3ccc(C)cc3)c21. The Morgan fingerprint density at radius 3 is 2.39 bits per heavy atom. The van der Waals surface area contributed by atoms with Crippen LogP contribution in [0.5, 0.6) is 11.5 Å². The Balaban J connectivity index is 1.67. The van der Waals surface area contributed by atoms with Gasteiger partial charge in [-0.3, -0.25) is 14.2 Å². The van der Waals surface area contributed by atoms with E-state index in [1.807, 2.05) is 56.6 Å². The number of aryl methyl sites for hydroxylation is 4. The molecule has 2 aromatic heterocycles. The number of pyridine rings is 1. The van der Waals surface area contributed by atoms with E-state index in [1.165, 1.54) is 7.11 Å². The van der Waals surface area contributed by atoms with Crippen molar-refractivity contribution in [1.29, 1.82) is 0 Å². The van der Waals surface area contributed by atoms with Crippen molar-refractivity contribution in [3.8, 4) is 17.2 Å². The first-order chi connectivity index (χ1) is 17.3. The number of hydrogen-bond donors (Lipinski definition) is 1. The van der Waals surface area contributed by atoms with Gasteiger partial charge in [0.25, 0.3) is 5.56 Å². The number of carbonyl (C=O) groups is 1. The van der Waals surface area contributed by atoms with Crippen molar-refractivity contribution in [1.82, 2.24) is 14.3 Å². The molecule has 0 atom stereocenters. The molecule has 0 radical (unpaired) electrons. The number of aromatic nitrogens is 3. The summed E-state index contributed by atoms with van der Waals surface area (Å²) in [5, 5.41) is 8.61. The van der Waals surface area contributed by atoms with E-state index in [9.17, 15) is 9.59 Å². The van der Waals surface area contributed by atoms with Gasteiger partial charge < -0.3 is 14.8 Å². The number of nitrogens with one attached hydrogen (secondary N) is 1. The summed E-state index contributed by atoms with van der Waals surface area (Å²) in [6, 6.07) is 13.3. The van der Waals surface area contributed by atoms with Gasteiger partial charge in [0.2, 0.25) is 5.91 Å². The van der Waals surface area contributed by atoms with Crippen LogP contribution in [-0.2, 0) is 17.8 Å². The molecule has 1 amide bonds. The third kappa shape index (κ3) is 4.58. The minimum absolute atomic E-state index is 0.0920. The average Bonchev–Trinajstić information content (AvgIpc) is 3.21. The monoisotopic (exact) mass is 488 g/mol. The van der Waals surface area contributed by atoms with Gasteiger partial charge in [-0.1, -0.05) is 17.7 Å². The fourth-order valence-electron chi connectivity index (χ4n) is 4.58. The van der Waals surface area contributed by atoms with Crippen LogP contribution in [0.25, 0.3) is 16.7 Å². The minimum Gasteiger partial charge on any atom is -0.497 e. The van der Waals surface area contributed by atoms with Gasteiger partial charge in [-0.2, -0.15) is 5.10 Å². The van der Waals surface area contributed by atoms with Crippen molar-refractivity contribution < 1.29 is 14.3 Å². The summed E-state index contributed by atoms with van der Waals surface area (Å²) in [5.41, 5.74) is 5.64. The molecule has 0 unspecified atom stereocenters. The Bertz CT molecular complexity index is 1480. The van der Waals surface area contributed by atoms with Crippen molar-refractivity contribution in [3.63, 3.8) is 0 Å². The van der Waals surface area contributed by atoms with E-state index in [2.05, 4.69) is 5.32 Å². The van der Waals surface area contributed by atoms with E-state index in [0.29, 0.717) is 35.7 Å². The largest absolute Gasteiger partial charge is 0.497 e. The molecule has 0 spiro atoms. The van der Waals surface area contributed by atoms with Gasteiger partial charge in [0.05, 0.1) is 31.3 Å². The molecular weight excluding hydrogens is 456 g/mol. The van der Waals surface area contributed by atoms with E-state index < -0.39 is 0 Å². The molecule has 36 heavy (non-hydrogen) atoms. The summed E-state index contributed by atoms with van der Waals surface area (Å²) in [5.74, 6) is 0.940. The lowest BCUT2D eigenvalue weighted by molar-refractivity contribution is -0.116. The normalized spacial score (nSPS) is 11.1. The molecular formula is C28H32N4O4. The number of carbonyl (C=O) groups excluding carboxylic acids is 1. The predicted molar refractivity (Wildman–Crippen MR) is 142 cm³/mol. The first kappa shape index (κ1) is 25.0. The van der Waals surface area contributed by atoms with Crippen LogP contribution in [0.4, 0.5) is 5.69 Å². The number of nitrogens with zero attached hydrogens (tertiary/aromatic N) is 3. The highest BCUT2D eigenvalue weighted by Crippen LogP contribution is 2.30. The Labute approximate surface area is 210 Å². The average molecular weight is 489 g/mol. The van der Waals surface area contributed by atoms with Gasteiger partial charge in [-0.15, -0.1) is 0 Å². The molecule has 1 N–H and O–H groups in total. The molecule has 4 rings (SSSR count). The Morgan fingerprint density at radius 1 is 1.03 bits per heavy atom. The van der Waals surface area contributed by atoms with Gasteiger partial charge in [0.1, 0.15) is 17.1 Å². The summed E-state index contributed by atoms with van der Waals surface area (Å²) in [6.07, 6.45) is 0.478. The lowest BCUT2D eigenvalue weighted by atomic mass is 10.0. The summed E-state index contributed by atoms with van der Waals surface area (Å²) in [7, 11) is 3.11. The van der Waals surface area contributed by atoms with Crippen LogP contribution in [0.2, 0.25) is 0 Å². The lowest BCUT2D eigenvalue weighted by Crippen LogP contribution is -2.27. The maximum absolute atomic E-state index is 13.6. The maximum Gasteiger partial charge on any atom is 0.255 e. The van der Waals surface area contributed by atoms with Crippen molar-refractivity contribution in [2.75, 3.05) is 19.5 Å².